The van der Waals surface area contributed by atoms with Crippen molar-refractivity contribution in [2.24, 2.45) is 0 Å². The van der Waals surface area contributed by atoms with Crippen LogP contribution in [0.4, 0.5) is 13.6 Å². The van der Waals surface area contributed by atoms with Crippen molar-refractivity contribution in [1.29, 1.82) is 0 Å². The summed E-state index contributed by atoms with van der Waals surface area (Å²) in [6, 6.07) is 2.97. The highest BCUT2D eigenvalue weighted by Gasteiger charge is 2.20. The van der Waals surface area contributed by atoms with E-state index in [4.69, 9.17) is 4.74 Å². The van der Waals surface area contributed by atoms with Crippen molar-refractivity contribution in [3.05, 3.63) is 35.4 Å². The van der Waals surface area contributed by atoms with Gasteiger partial charge in [0.2, 0.25) is 0 Å². The van der Waals surface area contributed by atoms with Crippen LogP contribution in [-0.4, -0.2) is 43.1 Å². The van der Waals surface area contributed by atoms with Crippen LogP contribution in [-0.2, 0) is 4.74 Å². The monoisotopic (exact) mass is 284 g/mol. The van der Waals surface area contributed by atoms with E-state index in [0.29, 0.717) is 32.7 Å². The molecule has 1 aromatic carbocycles. The summed E-state index contributed by atoms with van der Waals surface area (Å²) in [5.41, 5.74) is 0.0597. The second-order valence-electron chi connectivity index (χ2n) is 4.34. The van der Waals surface area contributed by atoms with E-state index in [1.807, 2.05) is 0 Å². The number of hydrogen-bond acceptors (Lipinski definition) is 3. The number of benzene rings is 1. The Morgan fingerprint density at radius 2 is 2.15 bits per heavy atom. The van der Waals surface area contributed by atoms with Gasteiger partial charge in [0.25, 0.3) is 5.91 Å². The number of halogens is 2. The van der Waals surface area contributed by atoms with Crippen molar-refractivity contribution in [2.45, 2.75) is 6.42 Å². The minimum absolute atomic E-state index is 0.0597. The average molecular weight is 284 g/mol. The zero-order valence-corrected chi connectivity index (χ0v) is 10.7. The number of carbonyl (C=O) groups is 2. The molecule has 0 atom stereocenters. The van der Waals surface area contributed by atoms with E-state index in [1.54, 1.807) is 4.90 Å². The van der Waals surface area contributed by atoms with Crippen LogP contribution in [0.2, 0.25) is 0 Å². The molecule has 0 aliphatic carbocycles. The number of nitrogens with one attached hydrogen (secondary N) is 1. The van der Waals surface area contributed by atoms with Crippen LogP contribution in [0.3, 0.4) is 0 Å². The highest BCUT2D eigenvalue weighted by atomic mass is 19.2. The largest absolute Gasteiger partial charge is 0.448 e. The molecule has 0 bridgehead atoms. The third kappa shape index (κ3) is 3.43. The fourth-order valence-corrected chi connectivity index (χ4v) is 1.84. The fraction of sp³-hybridized carbons (Fsp3) is 0.385. The Kier molecular flexibility index (Phi) is 4.49. The van der Waals surface area contributed by atoms with E-state index in [0.717, 1.165) is 12.1 Å². The molecule has 108 valence electrons. The molecular formula is C13H14F2N2O3. The maximum absolute atomic E-state index is 13.0. The van der Waals surface area contributed by atoms with Gasteiger partial charge in [0.15, 0.2) is 11.6 Å². The van der Waals surface area contributed by atoms with Crippen molar-refractivity contribution in [3.8, 4) is 0 Å². The lowest BCUT2D eigenvalue weighted by atomic mass is 10.2. The first-order chi connectivity index (χ1) is 9.58. The van der Waals surface area contributed by atoms with E-state index in [2.05, 4.69) is 5.32 Å². The molecule has 0 aromatic heterocycles. The zero-order chi connectivity index (χ0) is 14.5. The van der Waals surface area contributed by atoms with Gasteiger partial charge in [-0.2, -0.15) is 0 Å². The average Bonchev–Trinajstić information content (AvgIpc) is 2.83. The molecule has 0 radical (unpaired) electrons. The Morgan fingerprint density at radius 3 is 2.80 bits per heavy atom. The minimum atomic E-state index is -1.06. The van der Waals surface area contributed by atoms with E-state index in [9.17, 15) is 18.4 Å². The highest BCUT2D eigenvalue weighted by Crippen LogP contribution is 2.08. The SMILES string of the molecule is O=C(NCCCN1CCOC1=O)c1ccc(F)c(F)c1. The van der Waals surface area contributed by atoms with Crippen LogP contribution >= 0.6 is 0 Å². The normalized spacial score (nSPS) is 14.3. The van der Waals surface area contributed by atoms with Gasteiger partial charge in [-0.3, -0.25) is 4.79 Å². The van der Waals surface area contributed by atoms with E-state index >= 15 is 0 Å². The first kappa shape index (κ1) is 14.2. The van der Waals surface area contributed by atoms with Gasteiger partial charge in [-0.25, -0.2) is 13.6 Å². The lowest BCUT2D eigenvalue weighted by Crippen LogP contribution is -2.30. The predicted octanol–water partition coefficient (Wildman–Crippen LogP) is 1.54. The number of hydrogen-bond donors (Lipinski definition) is 1. The molecule has 0 unspecified atom stereocenters. The van der Waals surface area contributed by atoms with Gasteiger partial charge < -0.3 is 15.0 Å². The molecule has 1 aliphatic rings. The topological polar surface area (TPSA) is 58.6 Å². The lowest BCUT2D eigenvalue weighted by Gasteiger charge is -2.12. The van der Waals surface area contributed by atoms with Crippen LogP contribution in [0.15, 0.2) is 18.2 Å². The molecule has 0 spiro atoms. The number of amides is 2. The second-order valence-corrected chi connectivity index (χ2v) is 4.34. The molecule has 1 fully saturated rings. The molecule has 5 nitrogen and oxygen atoms in total. The molecule has 2 rings (SSSR count). The number of nitrogens with zero attached hydrogens (tertiary/aromatic N) is 1. The van der Waals surface area contributed by atoms with Crippen molar-refractivity contribution in [3.63, 3.8) is 0 Å². The summed E-state index contributed by atoms with van der Waals surface area (Å²) in [5.74, 6) is -2.53. The number of ether oxygens (including phenoxy) is 1. The summed E-state index contributed by atoms with van der Waals surface area (Å²) in [4.78, 5) is 24.3. The first-order valence-electron chi connectivity index (χ1n) is 6.23. The lowest BCUT2D eigenvalue weighted by molar-refractivity contribution is 0.0952. The molecule has 1 aliphatic heterocycles. The number of cyclic esters (lactones) is 1. The van der Waals surface area contributed by atoms with Crippen LogP contribution in [0, 0.1) is 11.6 Å². The van der Waals surface area contributed by atoms with Gasteiger partial charge in [-0.1, -0.05) is 0 Å². The molecule has 0 saturated carbocycles. The summed E-state index contributed by atoms with van der Waals surface area (Å²) in [6.45, 7) is 1.76. The van der Waals surface area contributed by atoms with Gasteiger partial charge in [0.1, 0.15) is 6.61 Å². The van der Waals surface area contributed by atoms with Gasteiger partial charge in [-0.15, -0.1) is 0 Å². The van der Waals surface area contributed by atoms with Gasteiger partial charge >= 0.3 is 6.09 Å². The summed E-state index contributed by atoms with van der Waals surface area (Å²) in [5, 5.41) is 2.58. The highest BCUT2D eigenvalue weighted by molar-refractivity contribution is 5.94. The Labute approximate surface area is 114 Å². The van der Waals surface area contributed by atoms with E-state index < -0.39 is 17.5 Å². The molecule has 20 heavy (non-hydrogen) atoms. The third-order valence-electron chi connectivity index (χ3n) is 2.92. The standard InChI is InChI=1S/C13H14F2N2O3/c14-10-3-2-9(8-11(10)15)12(18)16-4-1-5-17-6-7-20-13(17)19/h2-3,8H,1,4-7H2,(H,16,18). The van der Waals surface area contributed by atoms with Gasteiger partial charge in [0.05, 0.1) is 6.54 Å². The second kappa shape index (κ2) is 6.31. The number of rotatable bonds is 5. The van der Waals surface area contributed by atoms with Crippen LogP contribution in [0.1, 0.15) is 16.8 Å². The third-order valence-corrected chi connectivity index (χ3v) is 2.92. The first-order valence-corrected chi connectivity index (χ1v) is 6.23. The Balaban J connectivity index is 1.74. The maximum atomic E-state index is 13.0. The van der Waals surface area contributed by atoms with Crippen molar-refractivity contribution in [1.82, 2.24) is 10.2 Å². The Hall–Kier alpha value is -2.18. The van der Waals surface area contributed by atoms with E-state index in [-0.39, 0.29) is 11.7 Å². The smallest absolute Gasteiger partial charge is 0.409 e. The van der Waals surface area contributed by atoms with Crippen molar-refractivity contribution in [2.75, 3.05) is 26.2 Å². The molecule has 1 N–H and O–H groups in total. The molecule has 7 heteroatoms. The summed E-state index contributed by atoms with van der Waals surface area (Å²) in [7, 11) is 0. The van der Waals surface area contributed by atoms with Gasteiger partial charge in [0, 0.05) is 18.7 Å². The summed E-state index contributed by atoms with van der Waals surface area (Å²) < 4.78 is 30.4. The Bertz CT molecular complexity index is 522. The number of carbonyl (C=O) groups excluding carboxylic acids is 2. The predicted molar refractivity (Wildman–Crippen MR) is 66.2 cm³/mol. The molecule has 1 saturated heterocycles. The Morgan fingerprint density at radius 1 is 1.35 bits per heavy atom. The van der Waals surface area contributed by atoms with Gasteiger partial charge in [-0.05, 0) is 24.6 Å². The molecule has 1 heterocycles. The minimum Gasteiger partial charge on any atom is -0.448 e. The van der Waals surface area contributed by atoms with Crippen LogP contribution < -0.4 is 5.32 Å². The maximum Gasteiger partial charge on any atom is 0.409 e. The summed E-state index contributed by atoms with van der Waals surface area (Å²) >= 11 is 0. The molecule has 1 aromatic rings. The zero-order valence-electron chi connectivity index (χ0n) is 10.7. The molecule has 2 amide bonds. The van der Waals surface area contributed by atoms with Crippen LogP contribution in [0.5, 0.6) is 0 Å². The fourth-order valence-electron chi connectivity index (χ4n) is 1.84. The van der Waals surface area contributed by atoms with Crippen LogP contribution in [0.25, 0.3) is 0 Å². The quantitative estimate of drug-likeness (QED) is 0.834. The molecular weight excluding hydrogens is 270 g/mol. The van der Waals surface area contributed by atoms with E-state index in [1.165, 1.54) is 6.07 Å². The van der Waals surface area contributed by atoms with Crippen molar-refractivity contribution >= 4 is 12.0 Å². The summed E-state index contributed by atoms with van der Waals surface area (Å²) in [6.07, 6.45) is 0.210. The van der Waals surface area contributed by atoms with Crippen molar-refractivity contribution < 1.29 is 23.1 Å².